The number of pyridine rings is 2. The highest BCUT2D eigenvalue weighted by molar-refractivity contribution is 6.33. The molecule has 0 aliphatic rings. The van der Waals surface area contributed by atoms with Crippen molar-refractivity contribution in [1.82, 2.24) is 9.55 Å². The molecule has 0 radical (unpaired) electrons. The number of nitrogens with zero attached hydrogens (tertiary/aromatic N) is 2. The van der Waals surface area contributed by atoms with Crippen molar-refractivity contribution in [3.05, 3.63) is 45.5 Å². The van der Waals surface area contributed by atoms with Gasteiger partial charge in [0.15, 0.2) is 0 Å². The minimum atomic E-state index is -0.162. The van der Waals surface area contributed by atoms with Crippen LogP contribution in [0, 0.1) is 12.8 Å². The van der Waals surface area contributed by atoms with Gasteiger partial charge in [0, 0.05) is 24.2 Å². The second kappa shape index (κ2) is 8.28. The van der Waals surface area contributed by atoms with E-state index < -0.39 is 0 Å². The van der Waals surface area contributed by atoms with Crippen LogP contribution in [-0.2, 0) is 6.54 Å². The summed E-state index contributed by atoms with van der Waals surface area (Å²) in [5, 5.41) is 12.2. The molecule has 0 spiro atoms. The second-order valence-electron chi connectivity index (χ2n) is 7.18. The summed E-state index contributed by atoms with van der Waals surface area (Å²) in [6, 6.07) is 5.47. The van der Waals surface area contributed by atoms with Gasteiger partial charge in [-0.15, -0.1) is 0 Å². The molecule has 3 rings (SSSR count). The first kappa shape index (κ1) is 19.6. The zero-order valence-corrected chi connectivity index (χ0v) is 16.7. The highest BCUT2D eigenvalue weighted by Crippen LogP contribution is 2.33. The van der Waals surface area contributed by atoms with Gasteiger partial charge < -0.3 is 14.4 Å². The van der Waals surface area contributed by atoms with E-state index >= 15 is 0 Å². The van der Waals surface area contributed by atoms with Crippen LogP contribution in [-0.4, -0.2) is 27.9 Å². The molecule has 2 aromatic heterocycles. The van der Waals surface area contributed by atoms with Gasteiger partial charge in [0.25, 0.3) is 5.56 Å². The molecule has 0 atom stereocenters. The van der Waals surface area contributed by atoms with Crippen LogP contribution in [0.2, 0.25) is 5.02 Å². The third kappa shape index (κ3) is 3.94. The third-order valence-corrected chi connectivity index (χ3v) is 5.03. The molecule has 27 heavy (non-hydrogen) atoms. The molecule has 1 N–H and O–H groups in total. The Hall–Kier alpha value is -2.11. The molecule has 0 fully saturated rings. The lowest BCUT2D eigenvalue weighted by atomic mass is 10.1. The first-order valence-electron chi connectivity index (χ1n) is 9.29. The third-order valence-electron chi connectivity index (χ3n) is 4.74. The number of halogens is 1. The van der Waals surface area contributed by atoms with Gasteiger partial charge >= 0.3 is 0 Å². The molecular weight excluding hydrogens is 364 g/mol. The number of hydrogen-bond acceptors (Lipinski definition) is 4. The molecule has 3 aromatic rings. The fourth-order valence-electron chi connectivity index (χ4n) is 3.39. The normalized spacial score (nSPS) is 11.6. The molecule has 0 saturated heterocycles. The van der Waals surface area contributed by atoms with Gasteiger partial charge in [0.1, 0.15) is 5.75 Å². The van der Waals surface area contributed by atoms with Crippen LogP contribution in [0.1, 0.15) is 32.4 Å². The zero-order chi connectivity index (χ0) is 19.6. The number of aliphatic hydroxyl groups is 1. The van der Waals surface area contributed by atoms with Crippen molar-refractivity contribution in [3.8, 4) is 5.75 Å². The number of aromatic nitrogens is 2. The van der Waals surface area contributed by atoms with Crippen LogP contribution < -0.4 is 10.3 Å². The van der Waals surface area contributed by atoms with Gasteiger partial charge in [-0.3, -0.25) is 9.78 Å². The minimum absolute atomic E-state index is 0.132. The topological polar surface area (TPSA) is 64.4 Å². The first-order chi connectivity index (χ1) is 12.9. The summed E-state index contributed by atoms with van der Waals surface area (Å²) in [6.45, 7) is 6.81. The highest BCUT2D eigenvalue weighted by atomic mass is 35.5. The van der Waals surface area contributed by atoms with E-state index in [0.29, 0.717) is 39.9 Å². The van der Waals surface area contributed by atoms with E-state index in [4.69, 9.17) is 16.3 Å². The number of aliphatic hydroxyl groups excluding tert-OH is 1. The Morgan fingerprint density at radius 3 is 2.78 bits per heavy atom. The number of aryl methyl sites for hydroxylation is 1. The summed E-state index contributed by atoms with van der Waals surface area (Å²) in [5.74, 6) is 1.18. The van der Waals surface area contributed by atoms with Crippen molar-refractivity contribution in [1.29, 1.82) is 0 Å². The zero-order valence-electron chi connectivity index (χ0n) is 16.0. The predicted molar refractivity (Wildman–Crippen MR) is 110 cm³/mol. The summed E-state index contributed by atoms with van der Waals surface area (Å²) >= 11 is 6.48. The Morgan fingerprint density at radius 2 is 2.07 bits per heavy atom. The molecule has 1 aromatic carbocycles. The summed E-state index contributed by atoms with van der Waals surface area (Å²) in [7, 11) is 0. The predicted octanol–water partition coefficient (Wildman–Crippen LogP) is 4.32. The van der Waals surface area contributed by atoms with E-state index in [2.05, 4.69) is 18.8 Å². The molecule has 0 aliphatic heterocycles. The monoisotopic (exact) mass is 388 g/mol. The molecule has 0 bridgehead atoms. The van der Waals surface area contributed by atoms with Crippen molar-refractivity contribution in [3.63, 3.8) is 0 Å². The van der Waals surface area contributed by atoms with Gasteiger partial charge in [0.2, 0.25) is 0 Å². The fraction of sp³-hybridized carbons (Fsp3) is 0.429. The smallest absolute Gasteiger partial charge is 0.260 e. The lowest BCUT2D eigenvalue weighted by Crippen LogP contribution is -2.23. The Labute approximate surface area is 163 Å². The van der Waals surface area contributed by atoms with Gasteiger partial charge in [-0.25, -0.2) is 0 Å². The summed E-state index contributed by atoms with van der Waals surface area (Å²) in [5.41, 5.74) is 1.21. The average Bonchev–Trinajstić information content (AvgIpc) is 2.62. The van der Waals surface area contributed by atoms with Crippen molar-refractivity contribution in [2.75, 3.05) is 13.2 Å². The van der Waals surface area contributed by atoms with Crippen LogP contribution in [0.3, 0.4) is 0 Å². The molecule has 0 amide bonds. The van der Waals surface area contributed by atoms with Gasteiger partial charge in [-0.1, -0.05) is 25.4 Å². The van der Waals surface area contributed by atoms with Crippen LogP contribution >= 0.6 is 11.6 Å². The SMILES string of the molecule is Cc1nccc2c1c(=O)n(CCO)c1cc(OCCCC(C)C)c(Cl)cc21. The average molecular weight is 389 g/mol. The summed E-state index contributed by atoms with van der Waals surface area (Å²) < 4.78 is 7.46. The standard InChI is InChI=1S/C21H25ClN2O3/c1-13(2)5-4-10-27-19-12-18-16(11-17(19)22)15-6-7-23-14(3)20(15)21(26)24(18)8-9-25/h6-7,11-13,25H,4-5,8-10H2,1-3H3. The molecule has 2 heterocycles. The van der Waals surface area contributed by atoms with Crippen molar-refractivity contribution < 1.29 is 9.84 Å². The van der Waals surface area contributed by atoms with Gasteiger partial charge in [-0.2, -0.15) is 0 Å². The van der Waals surface area contributed by atoms with Gasteiger partial charge in [0.05, 0.1) is 34.8 Å². The number of hydrogen-bond donors (Lipinski definition) is 1. The number of rotatable bonds is 7. The van der Waals surface area contributed by atoms with E-state index in [-0.39, 0.29) is 18.7 Å². The molecule has 144 valence electrons. The van der Waals surface area contributed by atoms with Gasteiger partial charge in [-0.05, 0) is 43.2 Å². The first-order valence-corrected chi connectivity index (χ1v) is 9.67. The Morgan fingerprint density at radius 1 is 1.30 bits per heavy atom. The lowest BCUT2D eigenvalue weighted by molar-refractivity contribution is 0.276. The number of benzene rings is 1. The van der Waals surface area contributed by atoms with Crippen LogP contribution in [0.25, 0.3) is 21.7 Å². The Kier molecular flexibility index (Phi) is 6.02. The maximum atomic E-state index is 13.0. The largest absolute Gasteiger partial charge is 0.492 e. The van der Waals surface area contributed by atoms with E-state index in [0.717, 1.165) is 23.6 Å². The maximum absolute atomic E-state index is 13.0. The number of ether oxygens (including phenoxy) is 1. The highest BCUT2D eigenvalue weighted by Gasteiger charge is 2.16. The van der Waals surface area contributed by atoms with E-state index in [1.165, 1.54) is 0 Å². The minimum Gasteiger partial charge on any atom is -0.492 e. The maximum Gasteiger partial charge on any atom is 0.260 e. The molecule has 0 saturated carbocycles. The molecular formula is C21H25ClN2O3. The Bertz CT molecular complexity index is 1030. The lowest BCUT2D eigenvalue weighted by Gasteiger charge is -2.16. The Balaban J connectivity index is 2.16. The molecule has 0 unspecified atom stereocenters. The van der Waals surface area contributed by atoms with E-state index in [1.54, 1.807) is 16.8 Å². The quantitative estimate of drug-likeness (QED) is 0.483. The fourth-order valence-corrected chi connectivity index (χ4v) is 3.61. The second-order valence-corrected chi connectivity index (χ2v) is 7.59. The van der Waals surface area contributed by atoms with Crippen LogP contribution in [0.15, 0.2) is 29.2 Å². The van der Waals surface area contributed by atoms with Crippen LogP contribution in [0.5, 0.6) is 5.75 Å². The summed E-state index contributed by atoms with van der Waals surface area (Å²) in [6.07, 6.45) is 3.71. The van der Waals surface area contributed by atoms with Crippen LogP contribution in [0.4, 0.5) is 0 Å². The molecule has 0 aliphatic carbocycles. The van der Waals surface area contributed by atoms with Crippen molar-refractivity contribution >= 4 is 33.3 Å². The molecule has 6 heteroatoms. The van der Waals surface area contributed by atoms with Crippen molar-refractivity contribution in [2.45, 2.75) is 40.2 Å². The summed E-state index contributed by atoms with van der Waals surface area (Å²) in [4.78, 5) is 17.3. The van der Waals surface area contributed by atoms with Crippen molar-refractivity contribution in [2.24, 2.45) is 5.92 Å². The van der Waals surface area contributed by atoms with E-state index in [1.807, 2.05) is 19.1 Å². The van der Waals surface area contributed by atoms with E-state index in [9.17, 15) is 9.90 Å². The molecule has 5 nitrogen and oxygen atoms in total. The number of fused-ring (bicyclic) bond motifs is 3.